The zero-order chi connectivity index (χ0) is 15.5. The molecule has 3 rings (SSSR count). The standard InChI is InChI=1S/C16H20N2O3S/c1-3-18(9-12-6-7-20-10-12)16(19)14-11(2)21-15(17-14)13-5-4-8-22-13/h4-5,8,12H,3,6-7,9-10H2,1-2H3/t12-/m0/s1. The Bertz CT molecular complexity index is 630. The van der Waals surface area contributed by atoms with Gasteiger partial charge in [-0.1, -0.05) is 6.07 Å². The first kappa shape index (κ1) is 15.2. The van der Waals surface area contributed by atoms with Crippen molar-refractivity contribution in [1.29, 1.82) is 0 Å². The lowest BCUT2D eigenvalue weighted by Crippen LogP contribution is -2.36. The molecule has 0 unspecified atom stereocenters. The summed E-state index contributed by atoms with van der Waals surface area (Å²) in [4.78, 5) is 19.9. The Labute approximate surface area is 133 Å². The van der Waals surface area contributed by atoms with E-state index in [2.05, 4.69) is 4.98 Å². The number of ether oxygens (including phenoxy) is 1. The van der Waals surface area contributed by atoms with Gasteiger partial charge in [-0.05, 0) is 31.7 Å². The maximum atomic E-state index is 12.7. The Hall–Kier alpha value is -1.66. The number of hydrogen-bond donors (Lipinski definition) is 0. The van der Waals surface area contributed by atoms with Crippen molar-refractivity contribution >= 4 is 17.2 Å². The lowest BCUT2D eigenvalue weighted by Gasteiger charge is -2.22. The van der Waals surface area contributed by atoms with Gasteiger partial charge in [0.2, 0.25) is 5.89 Å². The maximum absolute atomic E-state index is 12.7. The lowest BCUT2D eigenvalue weighted by molar-refractivity contribution is 0.0724. The minimum Gasteiger partial charge on any atom is -0.440 e. The summed E-state index contributed by atoms with van der Waals surface area (Å²) in [7, 11) is 0. The van der Waals surface area contributed by atoms with Crippen molar-refractivity contribution in [3.05, 3.63) is 29.0 Å². The van der Waals surface area contributed by atoms with E-state index in [0.29, 0.717) is 29.8 Å². The monoisotopic (exact) mass is 320 g/mol. The number of aryl methyl sites for hydroxylation is 1. The molecule has 0 bridgehead atoms. The first-order valence-electron chi connectivity index (χ1n) is 7.57. The number of aromatic nitrogens is 1. The molecule has 1 aliphatic rings. The topological polar surface area (TPSA) is 55.6 Å². The van der Waals surface area contributed by atoms with Gasteiger partial charge >= 0.3 is 0 Å². The van der Waals surface area contributed by atoms with Crippen molar-refractivity contribution in [2.24, 2.45) is 5.92 Å². The summed E-state index contributed by atoms with van der Waals surface area (Å²) in [6.45, 7) is 6.70. The molecule has 1 amide bonds. The second-order valence-corrected chi connectivity index (χ2v) is 6.42. The number of carbonyl (C=O) groups excluding carboxylic acids is 1. The third kappa shape index (κ3) is 3.08. The molecule has 0 aromatic carbocycles. The molecule has 5 nitrogen and oxygen atoms in total. The third-order valence-electron chi connectivity index (χ3n) is 3.90. The van der Waals surface area contributed by atoms with Crippen LogP contribution < -0.4 is 0 Å². The largest absolute Gasteiger partial charge is 0.440 e. The molecule has 0 N–H and O–H groups in total. The van der Waals surface area contributed by atoms with E-state index in [4.69, 9.17) is 9.15 Å². The summed E-state index contributed by atoms with van der Waals surface area (Å²) in [6, 6.07) is 3.89. The van der Waals surface area contributed by atoms with Gasteiger partial charge in [-0.15, -0.1) is 11.3 Å². The van der Waals surface area contributed by atoms with Gasteiger partial charge < -0.3 is 14.1 Å². The fraction of sp³-hybridized carbons (Fsp3) is 0.500. The number of hydrogen-bond acceptors (Lipinski definition) is 5. The molecule has 3 heterocycles. The quantitative estimate of drug-likeness (QED) is 0.849. The summed E-state index contributed by atoms with van der Waals surface area (Å²) in [5, 5.41) is 1.97. The highest BCUT2D eigenvalue weighted by atomic mass is 32.1. The number of oxazole rings is 1. The van der Waals surface area contributed by atoms with Crippen LogP contribution in [0.4, 0.5) is 0 Å². The Morgan fingerprint density at radius 1 is 1.55 bits per heavy atom. The van der Waals surface area contributed by atoms with Crippen LogP contribution in [0.15, 0.2) is 21.9 Å². The second kappa shape index (κ2) is 6.62. The van der Waals surface area contributed by atoms with Crippen molar-refractivity contribution in [2.75, 3.05) is 26.3 Å². The van der Waals surface area contributed by atoms with E-state index >= 15 is 0 Å². The van der Waals surface area contributed by atoms with E-state index in [1.54, 1.807) is 18.3 Å². The fourth-order valence-corrected chi connectivity index (χ4v) is 3.29. The number of carbonyl (C=O) groups is 1. The van der Waals surface area contributed by atoms with Crippen LogP contribution in [0.25, 0.3) is 10.8 Å². The van der Waals surface area contributed by atoms with Crippen LogP contribution >= 0.6 is 11.3 Å². The Morgan fingerprint density at radius 3 is 3.05 bits per heavy atom. The van der Waals surface area contributed by atoms with E-state index in [-0.39, 0.29) is 5.91 Å². The average molecular weight is 320 g/mol. The molecule has 2 aromatic rings. The van der Waals surface area contributed by atoms with Crippen LogP contribution in [0, 0.1) is 12.8 Å². The van der Waals surface area contributed by atoms with Crippen molar-refractivity contribution in [1.82, 2.24) is 9.88 Å². The lowest BCUT2D eigenvalue weighted by atomic mass is 10.1. The Kier molecular flexibility index (Phi) is 4.59. The van der Waals surface area contributed by atoms with Gasteiger partial charge in [-0.3, -0.25) is 4.79 Å². The van der Waals surface area contributed by atoms with Crippen LogP contribution in [0.1, 0.15) is 29.6 Å². The summed E-state index contributed by atoms with van der Waals surface area (Å²) < 4.78 is 11.1. The molecule has 0 radical (unpaired) electrons. The molecule has 1 saturated heterocycles. The predicted molar refractivity (Wildman–Crippen MR) is 85.1 cm³/mol. The van der Waals surface area contributed by atoms with Gasteiger partial charge in [0.15, 0.2) is 5.69 Å². The number of nitrogens with zero attached hydrogens (tertiary/aromatic N) is 2. The average Bonchev–Trinajstić information content (AvgIpc) is 3.25. The predicted octanol–water partition coefficient (Wildman–Crippen LogP) is 3.21. The second-order valence-electron chi connectivity index (χ2n) is 5.47. The SMILES string of the molecule is CCN(C[C@@H]1CCOC1)C(=O)c1nc(-c2cccs2)oc1C. The van der Waals surface area contributed by atoms with E-state index in [0.717, 1.165) is 31.1 Å². The van der Waals surface area contributed by atoms with Crippen molar-refractivity contribution in [3.63, 3.8) is 0 Å². The first-order valence-corrected chi connectivity index (χ1v) is 8.45. The third-order valence-corrected chi connectivity index (χ3v) is 4.76. The van der Waals surface area contributed by atoms with Crippen molar-refractivity contribution in [2.45, 2.75) is 20.3 Å². The Balaban J connectivity index is 1.78. The molecule has 1 aliphatic heterocycles. The highest BCUT2D eigenvalue weighted by molar-refractivity contribution is 7.13. The summed E-state index contributed by atoms with van der Waals surface area (Å²) in [5.74, 6) is 1.47. The van der Waals surface area contributed by atoms with Crippen molar-refractivity contribution in [3.8, 4) is 10.8 Å². The van der Waals surface area contributed by atoms with E-state index < -0.39 is 0 Å². The van der Waals surface area contributed by atoms with Crippen LogP contribution in [-0.2, 0) is 4.74 Å². The molecular formula is C16H20N2O3S. The Morgan fingerprint density at radius 2 is 2.41 bits per heavy atom. The van der Waals surface area contributed by atoms with Crippen LogP contribution in [0.2, 0.25) is 0 Å². The van der Waals surface area contributed by atoms with Gasteiger partial charge in [0, 0.05) is 25.6 Å². The van der Waals surface area contributed by atoms with Crippen LogP contribution in [0.5, 0.6) is 0 Å². The molecule has 0 saturated carbocycles. The number of amides is 1. The summed E-state index contributed by atoms with van der Waals surface area (Å²) in [6.07, 6.45) is 1.02. The van der Waals surface area contributed by atoms with Crippen molar-refractivity contribution < 1.29 is 13.9 Å². The molecule has 0 aliphatic carbocycles. The zero-order valence-corrected chi connectivity index (χ0v) is 13.7. The highest BCUT2D eigenvalue weighted by Gasteiger charge is 2.26. The van der Waals surface area contributed by atoms with Crippen LogP contribution in [0.3, 0.4) is 0 Å². The van der Waals surface area contributed by atoms with Gasteiger partial charge in [-0.25, -0.2) is 4.98 Å². The first-order chi connectivity index (χ1) is 10.7. The van der Waals surface area contributed by atoms with Gasteiger partial charge in [-0.2, -0.15) is 0 Å². The minimum atomic E-state index is -0.0570. The molecule has 6 heteroatoms. The van der Waals surface area contributed by atoms with Gasteiger partial charge in [0.25, 0.3) is 5.91 Å². The molecule has 118 valence electrons. The number of rotatable bonds is 5. The van der Waals surface area contributed by atoms with Gasteiger partial charge in [0.1, 0.15) is 5.76 Å². The normalized spacial score (nSPS) is 17.8. The summed E-state index contributed by atoms with van der Waals surface area (Å²) in [5.41, 5.74) is 0.421. The molecule has 1 fully saturated rings. The highest BCUT2D eigenvalue weighted by Crippen LogP contribution is 2.26. The minimum absolute atomic E-state index is 0.0570. The zero-order valence-electron chi connectivity index (χ0n) is 12.9. The van der Waals surface area contributed by atoms with E-state index in [9.17, 15) is 4.79 Å². The van der Waals surface area contributed by atoms with Crippen LogP contribution in [-0.4, -0.2) is 42.1 Å². The fourth-order valence-electron chi connectivity index (χ4n) is 2.64. The molecule has 1 atom stereocenters. The number of thiophene rings is 1. The molecular weight excluding hydrogens is 300 g/mol. The van der Waals surface area contributed by atoms with E-state index in [1.165, 1.54) is 0 Å². The molecule has 22 heavy (non-hydrogen) atoms. The molecule has 2 aromatic heterocycles. The maximum Gasteiger partial charge on any atom is 0.276 e. The smallest absolute Gasteiger partial charge is 0.276 e. The van der Waals surface area contributed by atoms with Gasteiger partial charge in [0.05, 0.1) is 11.5 Å². The summed E-state index contributed by atoms with van der Waals surface area (Å²) >= 11 is 1.55. The molecule has 0 spiro atoms. The van der Waals surface area contributed by atoms with E-state index in [1.807, 2.05) is 29.3 Å².